The molecule has 4 aliphatic rings. The summed E-state index contributed by atoms with van der Waals surface area (Å²) in [6.07, 6.45) is -0.260. The van der Waals surface area contributed by atoms with Gasteiger partial charge in [-0.15, -0.1) is 11.8 Å². The van der Waals surface area contributed by atoms with Crippen LogP contribution in [0.25, 0.3) is 0 Å². The molecule has 11 heteroatoms. The van der Waals surface area contributed by atoms with Crippen molar-refractivity contribution in [2.24, 2.45) is 11.8 Å². The molecule has 4 heterocycles. The predicted octanol–water partition coefficient (Wildman–Crippen LogP) is -2.45. The second-order valence-electron chi connectivity index (χ2n) is 10.0. The van der Waals surface area contributed by atoms with E-state index in [9.17, 15) is 29.7 Å². The molecule has 10 nitrogen and oxygen atoms in total. The average Bonchev–Trinajstić information content (AvgIpc) is 3.30. The molecule has 0 aliphatic carbocycles. The van der Waals surface area contributed by atoms with Crippen LogP contribution in [0.1, 0.15) is 20.3 Å². The highest BCUT2D eigenvalue weighted by atomic mass is 32.2. The van der Waals surface area contributed by atoms with Crippen molar-refractivity contribution in [1.29, 1.82) is 0 Å². The number of thioether (sulfide) groups is 1. The van der Waals surface area contributed by atoms with Crippen LogP contribution in [0, 0.1) is 11.8 Å². The van der Waals surface area contributed by atoms with Crippen molar-refractivity contribution in [2.75, 3.05) is 52.9 Å². The van der Waals surface area contributed by atoms with Crippen LogP contribution >= 0.6 is 11.8 Å². The number of carbonyl (C=O) groups excluding carboxylic acids is 3. The fourth-order valence-electron chi connectivity index (χ4n) is 5.68. The van der Waals surface area contributed by atoms with Crippen molar-refractivity contribution >= 4 is 29.5 Å². The van der Waals surface area contributed by atoms with Crippen molar-refractivity contribution < 1.29 is 34.2 Å². The molecule has 0 radical (unpaired) electrons. The van der Waals surface area contributed by atoms with Gasteiger partial charge in [0.25, 0.3) is 0 Å². The molecule has 0 aromatic rings. The molecule has 0 spiro atoms. The Labute approximate surface area is 198 Å². The lowest BCUT2D eigenvalue weighted by Gasteiger charge is -2.47. The molecule has 0 saturated carbocycles. The molecule has 6 unspecified atom stereocenters. The van der Waals surface area contributed by atoms with Crippen molar-refractivity contribution in [3.05, 3.63) is 10.6 Å². The van der Waals surface area contributed by atoms with E-state index in [1.807, 2.05) is 11.8 Å². The summed E-state index contributed by atoms with van der Waals surface area (Å²) in [4.78, 5) is 41.2. The topological polar surface area (TPSA) is 133 Å². The number of fused-ring (bicyclic) bond motifs is 1. The first-order valence-corrected chi connectivity index (χ1v) is 12.6. The summed E-state index contributed by atoms with van der Waals surface area (Å²) in [5.41, 5.74) is -0.0776. The minimum absolute atomic E-state index is 0.00442. The fourth-order valence-corrected chi connectivity index (χ4v) is 7.16. The summed E-state index contributed by atoms with van der Waals surface area (Å²) >= 11 is 1.42. The van der Waals surface area contributed by atoms with Gasteiger partial charge in [-0.25, -0.2) is 0 Å². The summed E-state index contributed by atoms with van der Waals surface area (Å²) in [5, 5.41) is 34.4. The second-order valence-corrected chi connectivity index (χ2v) is 11.4. The van der Waals surface area contributed by atoms with E-state index in [0.29, 0.717) is 37.5 Å². The van der Waals surface area contributed by atoms with Crippen molar-refractivity contribution in [2.45, 2.75) is 43.7 Å². The highest BCUT2D eigenvalue weighted by Gasteiger charge is 2.59. The van der Waals surface area contributed by atoms with Crippen LogP contribution < -0.4 is 10.4 Å². The zero-order valence-corrected chi connectivity index (χ0v) is 20.2. The van der Waals surface area contributed by atoms with Crippen LogP contribution in [0.4, 0.5) is 0 Å². The van der Waals surface area contributed by atoms with Crippen LogP contribution in [-0.2, 0) is 14.4 Å². The summed E-state index contributed by atoms with van der Waals surface area (Å²) in [6, 6.07) is -0.677. The number of likely N-dealkylation sites (N-methyl/N-ethyl adjacent to an activating group) is 1. The number of nitrogens with one attached hydrogen (secondary N) is 1. The SMILES string of the molecule is CC(O)C1C(=O)N2C(C(=O)[O-])=C(SC3CNC(C(=O)N4CC[N+](C)(CCO)CC4)C3)C(C)C12. The summed E-state index contributed by atoms with van der Waals surface area (Å²) in [5.74, 6) is -2.49. The predicted molar refractivity (Wildman–Crippen MR) is 119 cm³/mol. The van der Waals surface area contributed by atoms with Gasteiger partial charge in [-0.3, -0.25) is 9.59 Å². The highest BCUT2D eigenvalue weighted by molar-refractivity contribution is 8.03. The maximum absolute atomic E-state index is 13.1. The smallest absolute Gasteiger partial charge is 0.240 e. The number of aliphatic carboxylic acids is 1. The quantitative estimate of drug-likeness (QED) is 0.269. The molecule has 4 aliphatic heterocycles. The van der Waals surface area contributed by atoms with E-state index in [4.69, 9.17) is 0 Å². The maximum Gasteiger partial charge on any atom is 0.240 e. The van der Waals surface area contributed by atoms with Gasteiger partial charge >= 0.3 is 0 Å². The van der Waals surface area contributed by atoms with Gasteiger partial charge in [-0.1, -0.05) is 6.92 Å². The summed E-state index contributed by atoms with van der Waals surface area (Å²) < 4.78 is 0.763. The normalized spacial score (nSPS) is 34.3. The number of carbonyl (C=O) groups is 3. The number of aliphatic hydroxyl groups is 2. The number of carboxylic acids is 1. The Balaban J connectivity index is 1.39. The summed E-state index contributed by atoms with van der Waals surface area (Å²) in [7, 11) is 2.10. The zero-order valence-electron chi connectivity index (χ0n) is 19.4. The minimum atomic E-state index is -1.37. The van der Waals surface area contributed by atoms with E-state index in [-0.39, 0.29) is 47.4 Å². The molecule has 2 amide bonds. The van der Waals surface area contributed by atoms with Crippen LogP contribution in [0.5, 0.6) is 0 Å². The summed E-state index contributed by atoms with van der Waals surface area (Å²) in [6.45, 7) is 7.77. The van der Waals surface area contributed by atoms with Gasteiger partial charge in [0.15, 0.2) is 0 Å². The van der Waals surface area contributed by atoms with E-state index in [2.05, 4.69) is 12.4 Å². The first kappa shape index (κ1) is 24.5. The Morgan fingerprint density at radius 1 is 1.33 bits per heavy atom. The molecular weight excluding hydrogens is 448 g/mol. The van der Waals surface area contributed by atoms with Gasteiger partial charge < -0.3 is 39.7 Å². The third-order valence-corrected chi connectivity index (χ3v) is 9.27. The third-order valence-electron chi connectivity index (χ3n) is 7.76. The van der Waals surface area contributed by atoms with E-state index >= 15 is 0 Å². The van der Waals surface area contributed by atoms with E-state index < -0.39 is 18.0 Å². The Morgan fingerprint density at radius 2 is 2.00 bits per heavy atom. The van der Waals surface area contributed by atoms with Gasteiger partial charge in [0, 0.05) is 22.6 Å². The highest BCUT2D eigenvalue weighted by Crippen LogP contribution is 2.51. The standard InChI is InChI=1S/C22H34N4O6S/c1-12-17-16(13(2)28)21(30)25(17)18(22(31)32)19(12)33-14-10-15(23-11-14)20(29)24-4-6-26(3,7-5-24)8-9-27/h12-17,23,27-28H,4-11H2,1-3H3. The van der Waals surface area contributed by atoms with E-state index in [1.165, 1.54) is 16.7 Å². The lowest BCUT2D eigenvalue weighted by molar-refractivity contribution is -0.913. The molecule has 6 atom stereocenters. The van der Waals surface area contributed by atoms with E-state index in [0.717, 1.165) is 17.6 Å². The molecule has 0 aromatic heterocycles. The number of carboxylic acid groups (broad SMARTS) is 1. The Morgan fingerprint density at radius 3 is 2.58 bits per heavy atom. The van der Waals surface area contributed by atoms with Crippen molar-refractivity contribution in [3.8, 4) is 0 Å². The van der Waals surface area contributed by atoms with Gasteiger partial charge in [0.1, 0.15) is 6.54 Å². The van der Waals surface area contributed by atoms with Crippen LogP contribution in [-0.4, -0.2) is 119 Å². The molecule has 3 fully saturated rings. The van der Waals surface area contributed by atoms with Crippen LogP contribution in [0.3, 0.4) is 0 Å². The molecule has 184 valence electrons. The van der Waals surface area contributed by atoms with Gasteiger partial charge in [-0.05, 0) is 13.3 Å². The number of β-lactam (4-membered cyclic amide) rings is 1. The Bertz CT molecular complexity index is 856. The molecule has 0 bridgehead atoms. The van der Waals surface area contributed by atoms with Gasteiger partial charge in [0.05, 0.1) is 75.6 Å². The van der Waals surface area contributed by atoms with E-state index in [1.54, 1.807) is 6.92 Å². The largest absolute Gasteiger partial charge is 0.543 e. The maximum atomic E-state index is 13.1. The number of piperazine rings is 1. The molecule has 3 N–H and O–H groups in total. The van der Waals surface area contributed by atoms with Crippen LogP contribution in [0.2, 0.25) is 0 Å². The zero-order chi connectivity index (χ0) is 24.1. The number of hydrogen-bond donors (Lipinski definition) is 3. The van der Waals surface area contributed by atoms with Gasteiger partial charge in [0.2, 0.25) is 11.8 Å². The number of amides is 2. The molecular formula is C22H34N4O6S. The second kappa shape index (κ2) is 9.18. The van der Waals surface area contributed by atoms with Crippen molar-refractivity contribution in [3.63, 3.8) is 0 Å². The molecule has 33 heavy (non-hydrogen) atoms. The number of quaternary nitrogens is 1. The average molecular weight is 483 g/mol. The Hall–Kier alpha value is -1.66. The molecule has 0 aromatic carbocycles. The monoisotopic (exact) mass is 482 g/mol. The van der Waals surface area contributed by atoms with Crippen LogP contribution in [0.15, 0.2) is 10.6 Å². The Kier molecular flexibility index (Phi) is 6.81. The molecule has 3 saturated heterocycles. The third kappa shape index (κ3) is 4.29. The minimum Gasteiger partial charge on any atom is -0.543 e. The van der Waals surface area contributed by atoms with Gasteiger partial charge in [-0.2, -0.15) is 0 Å². The first-order valence-electron chi connectivity index (χ1n) is 11.7. The number of hydrogen-bond acceptors (Lipinski definition) is 8. The first-order chi connectivity index (χ1) is 15.6. The molecule has 4 rings (SSSR count). The lowest BCUT2D eigenvalue weighted by atomic mass is 9.79. The number of nitrogens with zero attached hydrogens (tertiary/aromatic N) is 3. The van der Waals surface area contributed by atoms with Crippen molar-refractivity contribution in [1.82, 2.24) is 15.1 Å². The number of aliphatic hydroxyl groups excluding tert-OH is 2. The number of rotatable bonds is 7. The fraction of sp³-hybridized carbons (Fsp3) is 0.773. The lowest BCUT2D eigenvalue weighted by Crippen LogP contribution is -2.64.